The molecule has 3 heteroatoms. The van der Waals surface area contributed by atoms with Crippen molar-refractivity contribution >= 4 is 0 Å². The maximum Gasteiger partial charge on any atom is 0.123 e. The summed E-state index contributed by atoms with van der Waals surface area (Å²) in [5.74, 6) is 0.409. The summed E-state index contributed by atoms with van der Waals surface area (Å²) in [6.45, 7) is 4.94. The van der Waals surface area contributed by atoms with Crippen LogP contribution in [0.1, 0.15) is 22.6 Å². The molecule has 0 aromatic heterocycles. The molecule has 2 saturated heterocycles. The molecule has 2 heterocycles. The van der Waals surface area contributed by atoms with E-state index in [-0.39, 0.29) is 5.82 Å². The standard InChI is InChI=1S/C25H25FN2/c1-17-5-7-19(8-6-17)20-9-11-21(12-10-20)25-23-14-27-15-24(25)28(23)16-18-3-2-4-22(26)13-18/h2-13,23-25,27H,14-16H2,1H3/t23-,24+,25?. The van der Waals surface area contributed by atoms with Gasteiger partial charge in [-0.2, -0.15) is 0 Å². The molecule has 2 nitrogen and oxygen atoms in total. The number of nitrogens with zero attached hydrogens (tertiary/aromatic N) is 1. The average molecular weight is 372 g/mol. The first-order chi connectivity index (χ1) is 13.7. The van der Waals surface area contributed by atoms with E-state index in [9.17, 15) is 4.39 Å². The molecule has 0 radical (unpaired) electrons. The lowest BCUT2D eigenvalue weighted by molar-refractivity contribution is -0.0483. The van der Waals surface area contributed by atoms with E-state index in [1.807, 2.05) is 6.07 Å². The Hall–Kier alpha value is -2.49. The van der Waals surface area contributed by atoms with E-state index >= 15 is 0 Å². The molecule has 3 atom stereocenters. The molecule has 5 rings (SSSR count). The lowest BCUT2D eigenvalue weighted by Gasteiger charge is -2.59. The van der Waals surface area contributed by atoms with Gasteiger partial charge in [0.15, 0.2) is 0 Å². The Morgan fingerprint density at radius 3 is 2.18 bits per heavy atom. The van der Waals surface area contributed by atoms with Gasteiger partial charge in [-0.25, -0.2) is 4.39 Å². The summed E-state index contributed by atoms with van der Waals surface area (Å²) in [5, 5.41) is 3.54. The van der Waals surface area contributed by atoms with Crippen molar-refractivity contribution in [1.29, 1.82) is 0 Å². The van der Waals surface area contributed by atoms with Crippen molar-refractivity contribution in [1.82, 2.24) is 10.2 Å². The highest BCUT2D eigenvalue weighted by Gasteiger charge is 2.50. The van der Waals surface area contributed by atoms with E-state index < -0.39 is 0 Å². The fourth-order valence-corrected chi connectivity index (χ4v) is 4.85. The topological polar surface area (TPSA) is 15.3 Å². The summed E-state index contributed by atoms with van der Waals surface area (Å²) in [4.78, 5) is 2.53. The molecule has 1 N–H and O–H groups in total. The fraction of sp³-hybridized carbons (Fsp3) is 0.280. The highest BCUT2D eigenvalue weighted by Crippen LogP contribution is 2.43. The summed E-state index contributed by atoms with van der Waals surface area (Å²) in [5.41, 5.74) is 6.30. The zero-order valence-corrected chi connectivity index (χ0v) is 16.1. The van der Waals surface area contributed by atoms with E-state index in [1.165, 1.54) is 28.3 Å². The Kier molecular flexibility index (Phi) is 4.50. The van der Waals surface area contributed by atoms with Crippen LogP contribution in [0.3, 0.4) is 0 Å². The first-order valence-electron chi connectivity index (χ1n) is 10.1. The normalized spacial score (nSPS) is 24.0. The number of fused-ring (bicyclic) bond motifs is 2. The van der Waals surface area contributed by atoms with Crippen LogP contribution < -0.4 is 5.32 Å². The van der Waals surface area contributed by atoms with Crippen molar-refractivity contribution < 1.29 is 4.39 Å². The van der Waals surface area contributed by atoms with Crippen LogP contribution in [0, 0.1) is 12.7 Å². The van der Waals surface area contributed by atoms with E-state index in [0.717, 1.165) is 25.2 Å². The van der Waals surface area contributed by atoms with Crippen molar-refractivity contribution in [2.75, 3.05) is 13.1 Å². The molecule has 0 amide bonds. The van der Waals surface area contributed by atoms with E-state index in [0.29, 0.717) is 18.0 Å². The summed E-state index contributed by atoms with van der Waals surface area (Å²) >= 11 is 0. The Morgan fingerprint density at radius 2 is 1.54 bits per heavy atom. The molecule has 28 heavy (non-hydrogen) atoms. The van der Waals surface area contributed by atoms with Gasteiger partial charge in [-0.1, -0.05) is 66.2 Å². The van der Waals surface area contributed by atoms with E-state index in [4.69, 9.17) is 0 Å². The summed E-state index contributed by atoms with van der Waals surface area (Å²) in [6.07, 6.45) is 0. The Balaban J connectivity index is 1.33. The zero-order valence-electron chi connectivity index (χ0n) is 16.1. The number of halogens is 1. The molecule has 142 valence electrons. The number of aryl methyl sites for hydroxylation is 1. The lowest BCUT2D eigenvalue weighted by atomic mass is 9.72. The van der Waals surface area contributed by atoms with Crippen LogP contribution in [0.4, 0.5) is 4.39 Å². The Bertz CT molecular complexity index is 953. The third-order valence-electron chi connectivity index (χ3n) is 6.32. The number of rotatable bonds is 4. The van der Waals surface area contributed by atoms with Crippen LogP contribution in [-0.4, -0.2) is 30.1 Å². The number of piperazine rings is 1. The molecule has 3 aromatic rings. The summed E-state index contributed by atoms with van der Waals surface area (Å²) in [6, 6.07) is 25.7. The molecule has 0 aliphatic carbocycles. The van der Waals surface area contributed by atoms with Crippen LogP contribution >= 0.6 is 0 Å². The highest BCUT2D eigenvalue weighted by atomic mass is 19.1. The second-order valence-electron chi connectivity index (χ2n) is 8.11. The molecule has 1 unspecified atom stereocenters. The van der Waals surface area contributed by atoms with Gasteiger partial charge in [-0.3, -0.25) is 4.90 Å². The number of likely N-dealkylation sites (tertiary alicyclic amines) is 1. The van der Waals surface area contributed by atoms with Gasteiger partial charge in [-0.15, -0.1) is 0 Å². The zero-order chi connectivity index (χ0) is 19.1. The smallest absolute Gasteiger partial charge is 0.123 e. The van der Waals surface area contributed by atoms with Gasteiger partial charge in [0.1, 0.15) is 5.82 Å². The minimum atomic E-state index is -0.149. The van der Waals surface area contributed by atoms with Crippen LogP contribution in [0.2, 0.25) is 0 Å². The van der Waals surface area contributed by atoms with Crippen LogP contribution in [-0.2, 0) is 6.54 Å². The number of benzene rings is 3. The minimum Gasteiger partial charge on any atom is -0.314 e. The maximum atomic E-state index is 13.5. The number of hydrogen-bond donors (Lipinski definition) is 1. The first-order valence-corrected chi connectivity index (χ1v) is 10.1. The average Bonchev–Trinajstić information content (AvgIpc) is 2.73. The lowest BCUT2D eigenvalue weighted by Crippen LogP contribution is -2.72. The first kappa shape index (κ1) is 17.6. The van der Waals surface area contributed by atoms with Crippen LogP contribution in [0.15, 0.2) is 72.8 Å². The van der Waals surface area contributed by atoms with Gasteiger partial charge >= 0.3 is 0 Å². The Labute approximate surface area is 166 Å². The van der Waals surface area contributed by atoms with Gasteiger partial charge < -0.3 is 5.32 Å². The quantitative estimate of drug-likeness (QED) is 0.712. The molecule has 3 aromatic carbocycles. The van der Waals surface area contributed by atoms with Crippen molar-refractivity contribution in [3.63, 3.8) is 0 Å². The molecule has 0 spiro atoms. The van der Waals surface area contributed by atoms with Crippen molar-refractivity contribution in [2.45, 2.75) is 31.5 Å². The molecule has 2 aliphatic rings. The molecule has 2 fully saturated rings. The molecular formula is C25H25FN2. The van der Waals surface area contributed by atoms with Gasteiger partial charge in [-0.05, 0) is 41.3 Å². The monoisotopic (exact) mass is 372 g/mol. The molecular weight excluding hydrogens is 347 g/mol. The third kappa shape index (κ3) is 3.15. The van der Waals surface area contributed by atoms with Gasteiger partial charge in [0, 0.05) is 37.6 Å². The predicted molar refractivity (Wildman–Crippen MR) is 112 cm³/mol. The number of hydrogen-bond acceptors (Lipinski definition) is 2. The second-order valence-corrected chi connectivity index (χ2v) is 8.11. The van der Waals surface area contributed by atoms with Crippen LogP contribution in [0.25, 0.3) is 11.1 Å². The molecule has 0 saturated carbocycles. The highest BCUT2D eigenvalue weighted by molar-refractivity contribution is 5.64. The van der Waals surface area contributed by atoms with Gasteiger partial charge in [0.2, 0.25) is 0 Å². The summed E-state index contributed by atoms with van der Waals surface area (Å²) < 4.78 is 13.5. The van der Waals surface area contributed by atoms with Crippen molar-refractivity contribution in [3.8, 4) is 11.1 Å². The largest absolute Gasteiger partial charge is 0.314 e. The number of piperidine rings is 1. The van der Waals surface area contributed by atoms with Crippen molar-refractivity contribution in [2.24, 2.45) is 0 Å². The minimum absolute atomic E-state index is 0.149. The van der Waals surface area contributed by atoms with Gasteiger partial charge in [0.05, 0.1) is 0 Å². The third-order valence-corrected chi connectivity index (χ3v) is 6.32. The fourth-order valence-electron chi connectivity index (χ4n) is 4.85. The summed E-state index contributed by atoms with van der Waals surface area (Å²) in [7, 11) is 0. The predicted octanol–water partition coefficient (Wildman–Crippen LogP) is 4.74. The Morgan fingerprint density at radius 1 is 0.893 bits per heavy atom. The second kappa shape index (κ2) is 7.16. The van der Waals surface area contributed by atoms with Gasteiger partial charge in [0.25, 0.3) is 0 Å². The maximum absolute atomic E-state index is 13.5. The molecule has 2 aliphatic heterocycles. The number of nitrogens with one attached hydrogen (secondary N) is 1. The van der Waals surface area contributed by atoms with E-state index in [2.05, 4.69) is 65.7 Å². The molecule has 2 bridgehead atoms. The van der Waals surface area contributed by atoms with Crippen LogP contribution in [0.5, 0.6) is 0 Å². The van der Waals surface area contributed by atoms with Crippen molar-refractivity contribution in [3.05, 3.63) is 95.3 Å². The SMILES string of the molecule is Cc1ccc(-c2ccc(C3[C@H]4CNC[C@@H]3N4Cc3cccc(F)c3)cc2)cc1. The van der Waals surface area contributed by atoms with E-state index in [1.54, 1.807) is 12.1 Å².